The summed E-state index contributed by atoms with van der Waals surface area (Å²) in [5, 5.41) is 3.89. The normalized spacial score (nSPS) is 12.7. The van der Waals surface area contributed by atoms with Crippen molar-refractivity contribution in [1.82, 2.24) is 15.1 Å². The van der Waals surface area contributed by atoms with E-state index in [0.29, 0.717) is 11.6 Å². The van der Waals surface area contributed by atoms with E-state index in [0.717, 1.165) is 5.69 Å². The Hall–Kier alpha value is -1.23. The maximum absolute atomic E-state index is 5.11. The molecule has 0 bridgehead atoms. The molecule has 0 aliphatic heterocycles. The molecule has 0 aromatic carbocycles. The number of hydrogen-bond donors (Lipinski definition) is 0. The molecule has 0 N–H and O–H groups in total. The zero-order chi connectivity index (χ0) is 9.97. The number of nitrogens with zero attached hydrogens (tertiary/aromatic N) is 3. The van der Waals surface area contributed by atoms with Gasteiger partial charge in [0, 0.05) is 18.5 Å². The molecule has 0 saturated heterocycles. The number of aromatic nitrogens is 3. The Bertz CT molecular complexity index is 413. The molecule has 0 fully saturated rings. The lowest BCUT2D eigenvalue weighted by molar-refractivity contribution is 0.421. The second-order valence-electron chi connectivity index (χ2n) is 2.80. The van der Waals surface area contributed by atoms with Gasteiger partial charge in [-0.3, -0.25) is 0 Å². The molecule has 2 aromatic rings. The summed E-state index contributed by atoms with van der Waals surface area (Å²) in [6, 6.07) is 3.59. The quantitative estimate of drug-likeness (QED) is 0.773. The topological polar surface area (TPSA) is 51.8 Å². The minimum atomic E-state index is 0.170. The zero-order valence-electron chi connectivity index (χ0n) is 7.51. The van der Waals surface area contributed by atoms with Crippen LogP contribution < -0.4 is 0 Å². The Kier molecular flexibility index (Phi) is 2.58. The van der Waals surface area contributed by atoms with E-state index in [-0.39, 0.29) is 4.83 Å². The fourth-order valence-corrected chi connectivity index (χ4v) is 1.22. The number of hydrogen-bond acceptors (Lipinski definition) is 4. The highest BCUT2D eigenvalue weighted by molar-refractivity contribution is 9.09. The van der Waals surface area contributed by atoms with E-state index in [2.05, 4.69) is 31.1 Å². The molecule has 0 amide bonds. The molecule has 14 heavy (non-hydrogen) atoms. The van der Waals surface area contributed by atoms with Gasteiger partial charge in [0.1, 0.15) is 0 Å². The van der Waals surface area contributed by atoms with Crippen molar-refractivity contribution in [3.63, 3.8) is 0 Å². The summed E-state index contributed by atoms with van der Waals surface area (Å²) < 4.78 is 5.11. The summed E-state index contributed by atoms with van der Waals surface area (Å²) in [5.41, 5.74) is 0.840. The third-order valence-corrected chi connectivity index (χ3v) is 2.19. The van der Waals surface area contributed by atoms with Gasteiger partial charge in [0.15, 0.2) is 5.82 Å². The summed E-state index contributed by atoms with van der Waals surface area (Å²) >= 11 is 3.41. The number of alkyl halides is 1. The molecule has 1 atom stereocenters. The standard InChI is InChI=1S/C9H8BrN3O/c1-6(10)7-5-8(14-13-7)9-11-3-2-4-12-9/h2-6H,1H3. The van der Waals surface area contributed by atoms with Gasteiger partial charge in [-0.15, -0.1) is 0 Å². The van der Waals surface area contributed by atoms with Crippen LogP contribution >= 0.6 is 15.9 Å². The van der Waals surface area contributed by atoms with Gasteiger partial charge >= 0.3 is 0 Å². The molecule has 0 aliphatic rings. The maximum atomic E-state index is 5.11. The first-order valence-corrected chi connectivity index (χ1v) is 5.07. The lowest BCUT2D eigenvalue weighted by Gasteiger charge is -1.91. The summed E-state index contributed by atoms with van der Waals surface area (Å²) in [6.45, 7) is 1.98. The Morgan fingerprint density at radius 3 is 2.64 bits per heavy atom. The molecule has 72 valence electrons. The van der Waals surface area contributed by atoms with Gasteiger partial charge in [0.25, 0.3) is 0 Å². The smallest absolute Gasteiger partial charge is 0.204 e. The summed E-state index contributed by atoms with van der Waals surface area (Å²) in [7, 11) is 0. The van der Waals surface area contributed by atoms with Crippen molar-refractivity contribution in [3.05, 3.63) is 30.2 Å². The third kappa shape index (κ3) is 1.82. The predicted molar refractivity (Wildman–Crippen MR) is 54.9 cm³/mol. The minimum absolute atomic E-state index is 0.170. The highest BCUT2D eigenvalue weighted by atomic mass is 79.9. The van der Waals surface area contributed by atoms with Crippen LogP contribution in [0.1, 0.15) is 17.4 Å². The minimum Gasteiger partial charge on any atom is -0.353 e. The maximum Gasteiger partial charge on any atom is 0.204 e. The fourth-order valence-electron chi connectivity index (χ4n) is 1.01. The summed E-state index contributed by atoms with van der Waals surface area (Å²) in [5.74, 6) is 1.14. The van der Waals surface area contributed by atoms with Crippen molar-refractivity contribution in [2.75, 3.05) is 0 Å². The van der Waals surface area contributed by atoms with E-state index < -0.39 is 0 Å². The molecule has 2 rings (SSSR count). The first kappa shape index (κ1) is 9.33. The van der Waals surface area contributed by atoms with Crippen molar-refractivity contribution in [2.45, 2.75) is 11.8 Å². The lowest BCUT2D eigenvalue weighted by Crippen LogP contribution is -1.84. The van der Waals surface area contributed by atoms with E-state index in [1.165, 1.54) is 0 Å². The fraction of sp³-hybridized carbons (Fsp3) is 0.222. The van der Waals surface area contributed by atoms with Crippen LogP contribution in [0.4, 0.5) is 0 Å². The highest BCUT2D eigenvalue weighted by Crippen LogP contribution is 2.24. The molecular weight excluding hydrogens is 246 g/mol. The molecule has 2 aromatic heterocycles. The van der Waals surface area contributed by atoms with Gasteiger partial charge in [-0.2, -0.15) is 0 Å². The molecule has 0 saturated carbocycles. The van der Waals surface area contributed by atoms with E-state index in [1.807, 2.05) is 13.0 Å². The average molecular weight is 254 g/mol. The van der Waals surface area contributed by atoms with Crippen LogP contribution in [0.5, 0.6) is 0 Å². The van der Waals surface area contributed by atoms with Crippen LogP contribution in [0.15, 0.2) is 29.0 Å². The van der Waals surface area contributed by atoms with Crippen molar-refractivity contribution < 1.29 is 4.52 Å². The molecule has 0 radical (unpaired) electrons. The number of halogens is 1. The van der Waals surface area contributed by atoms with Crippen LogP contribution in [0, 0.1) is 0 Å². The first-order valence-electron chi connectivity index (χ1n) is 4.15. The average Bonchev–Trinajstić information content (AvgIpc) is 2.68. The van der Waals surface area contributed by atoms with Gasteiger partial charge < -0.3 is 4.52 Å². The highest BCUT2D eigenvalue weighted by Gasteiger charge is 2.11. The van der Waals surface area contributed by atoms with E-state index in [1.54, 1.807) is 18.5 Å². The molecule has 5 heteroatoms. The summed E-state index contributed by atoms with van der Waals surface area (Å²) in [4.78, 5) is 8.29. The molecule has 2 heterocycles. The van der Waals surface area contributed by atoms with Gasteiger partial charge in [0.2, 0.25) is 5.76 Å². The third-order valence-electron chi connectivity index (χ3n) is 1.72. The van der Waals surface area contributed by atoms with Crippen LogP contribution in [0.25, 0.3) is 11.6 Å². The number of rotatable bonds is 2. The van der Waals surface area contributed by atoms with Crippen molar-refractivity contribution in [2.24, 2.45) is 0 Å². The Labute approximate surface area is 89.5 Å². The largest absolute Gasteiger partial charge is 0.353 e. The van der Waals surface area contributed by atoms with Gasteiger partial charge in [-0.25, -0.2) is 9.97 Å². The predicted octanol–water partition coefficient (Wildman–Crippen LogP) is 2.59. The Morgan fingerprint density at radius 1 is 1.36 bits per heavy atom. The van der Waals surface area contributed by atoms with Gasteiger partial charge in [-0.05, 0) is 13.0 Å². The van der Waals surface area contributed by atoms with Crippen LogP contribution in [-0.2, 0) is 0 Å². The molecule has 0 aliphatic carbocycles. The van der Waals surface area contributed by atoms with Gasteiger partial charge in [-0.1, -0.05) is 21.1 Å². The van der Waals surface area contributed by atoms with Crippen molar-refractivity contribution in [3.8, 4) is 11.6 Å². The monoisotopic (exact) mass is 253 g/mol. The molecular formula is C9H8BrN3O. The first-order chi connectivity index (χ1) is 6.77. The van der Waals surface area contributed by atoms with Crippen LogP contribution in [0.2, 0.25) is 0 Å². The van der Waals surface area contributed by atoms with E-state index >= 15 is 0 Å². The zero-order valence-corrected chi connectivity index (χ0v) is 9.10. The molecule has 1 unspecified atom stereocenters. The van der Waals surface area contributed by atoms with E-state index in [4.69, 9.17) is 4.52 Å². The van der Waals surface area contributed by atoms with Crippen molar-refractivity contribution >= 4 is 15.9 Å². The van der Waals surface area contributed by atoms with Crippen molar-refractivity contribution in [1.29, 1.82) is 0 Å². The molecule has 0 spiro atoms. The van der Waals surface area contributed by atoms with E-state index in [9.17, 15) is 0 Å². The summed E-state index contributed by atoms with van der Waals surface area (Å²) in [6.07, 6.45) is 3.34. The lowest BCUT2D eigenvalue weighted by atomic mass is 10.3. The Morgan fingerprint density at radius 2 is 2.07 bits per heavy atom. The second-order valence-corrected chi connectivity index (χ2v) is 4.18. The van der Waals surface area contributed by atoms with Gasteiger partial charge in [0.05, 0.1) is 10.5 Å². The van der Waals surface area contributed by atoms with Crippen LogP contribution in [0.3, 0.4) is 0 Å². The SMILES string of the molecule is CC(Br)c1cc(-c2ncccn2)on1. The molecule has 4 nitrogen and oxygen atoms in total. The second kappa shape index (κ2) is 3.88. The van der Waals surface area contributed by atoms with Crippen LogP contribution in [-0.4, -0.2) is 15.1 Å². The Balaban J connectivity index is 2.34.